The van der Waals surface area contributed by atoms with Crippen LogP contribution in [0.25, 0.3) is 0 Å². The summed E-state index contributed by atoms with van der Waals surface area (Å²) in [6.45, 7) is 3.18. The van der Waals surface area contributed by atoms with Crippen LogP contribution in [-0.2, 0) is 9.53 Å². The first-order valence-corrected chi connectivity index (χ1v) is 5.73. The van der Waals surface area contributed by atoms with Crippen molar-refractivity contribution >= 4 is 5.91 Å². The van der Waals surface area contributed by atoms with Gasteiger partial charge in [0.05, 0.1) is 18.2 Å². The summed E-state index contributed by atoms with van der Waals surface area (Å²) in [5.74, 6) is 0.0663. The maximum Gasteiger partial charge on any atom is 0.222 e. The summed E-state index contributed by atoms with van der Waals surface area (Å²) >= 11 is 0. The molecule has 0 radical (unpaired) electrons. The van der Waals surface area contributed by atoms with Crippen molar-refractivity contribution < 1.29 is 14.6 Å². The highest BCUT2D eigenvalue weighted by Crippen LogP contribution is 2.10. The summed E-state index contributed by atoms with van der Waals surface area (Å²) < 4.78 is 5.09. The van der Waals surface area contributed by atoms with Crippen molar-refractivity contribution in [3.63, 3.8) is 0 Å². The van der Waals surface area contributed by atoms with Gasteiger partial charge < -0.3 is 20.1 Å². The zero-order valence-corrected chi connectivity index (χ0v) is 10.3. The van der Waals surface area contributed by atoms with Crippen LogP contribution in [0.2, 0.25) is 0 Å². The quantitative estimate of drug-likeness (QED) is 0.674. The number of hydrogen-bond acceptors (Lipinski definition) is 4. The highest BCUT2D eigenvalue weighted by molar-refractivity contribution is 5.76. The summed E-state index contributed by atoms with van der Waals surface area (Å²) in [6.07, 6.45) is 0.836. The molecule has 16 heavy (non-hydrogen) atoms. The fraction of sp³-hybridized carbons (Fsp3) is 0.909. The molecule has 94 valence electrons. The normalized spacial score (nSPS) is 26.8. The molecule has 1 amide bonds. The van der Waals surface area contributed by atoms with Gasteiger partial charge in [-0.15, -0.1) is 0 Å². The maximum atomic E-state index is 11.8. The standard InChI is InChI=1S/C11H22N2O3/c1-8(16-3)4-5-11(15)13(2)9-6-12-7-10(9)14/h8-10,12,14H,4-7H2,1-3H3/t8?,9-,10-/m1/s1. The number of amides is 1. The van der Waals surface area contributed by atoms with Gasteiger partial charge in [0.1, 0.15) is 0 Å². The number of hydrogen-bond donors (Lipinski definition) is 2. The number of β-amino-alcohol motifs (C(OH)–C–C–N with tert-alkyl or cyclic N) is 1. The largest absolute Gasteiger partial charge is 0.390 e. The number of rotatable bonds is 5. The lowest BCUT2D eigenvalue weighted by molar-refractivity contribution is -0.133. The van der Waals surface area contributed by atoms with E-state index in [-0.39, 0.29) is 18.1 Å². The average Bonchev–Trinajstić information content (AvgIpc) is 2.70. The van der Waals surface area contributed by atoms with Crippen molar-refractivity contribution in [2.45, 2.75) is 38.0 Å². The Labute approximate surface area is 96.8 Å². The Hall–Kier alpha value is -0.650. The van der Waals surface area contributed by atoms with Crippen LogP contribution in [-0.4, -0.2) is 61.4 Å². The van der Waals surface area contributed by atoms with E-state index >= 15 is 0 Å². The molecule has 5 heteroatoms. The van der Waals surface area contributed by atoms with Gasteiger partial charge in [-0.25, -0.2) is 0 Å². The van der Waals surface area contributed by atoms with E-state index in [9.17, 15) is 9.90 Å². The first-order valence-electron chi connectivity index (χ1n) is 5.73. The van der Waals surface area contributed by atoms with Gasteiger partial charge in [-0.2, -0.15) is 0 Å². The number of ether oxygens (including phenoxy) is 1. The minimum Gasteiger partial charge on any atom is -0.390 e. The third kappa shape index (κ3) is 3.43. The van der Waals surface area contributed by atoms with Gasteiger partial charge in [0.15, 0.2) is 0 Å². The molecule has 0 spiro atoms. The van der Waals surface area contributed by atoms with Crippen molar-refractivity contribution in [3.8, 4) is 0 Å². The smallest absolute Gasteiger partial charge is 0.222 e. The minimum absolute atomic E-state index is 0.0663. The van der Waals surface area contributed by atoms with Crippen LogP contribution in [0, 0.1) is 0 Å². The summed E-state index contributed by atoms with van der Waals surface area (Å²) in [5, 5.41) is 12.7. The molecule has 1 aliphatic heterocycles. The van der Waals surface area contributed by atoms with E-state index in [1.807, 2.05) is 6.92 Å². The van der Waals surface area contributed by atoms with E-state index in [1.165, 1.54) is 0 Å². The number of carbonyl (C=O) groups is 1. The maximum absolute atomic E-state index is 11.8. The number of carbonyl (C=O) groups excluding carboxylic acids is 1. The second kappa shape index (κ2) is 6.18. The number of likely N-dealkylation sites (N-methyl/N-ethyl adjacent to an activating group) is 1. The molecule has 1 fully saturated rings. The van der Waals surface area contributed by atoms with Gasteiger partial charge in [-0.05, 0) is 13.3 Å². The molecule has 0 aromatic carbocycles. The molecular weight excluding hydrogens is 208 g/mol. The van der Waals surface area contributed by atoms with Crippen LogP contribution in [0.1, 0.15) is 19.8 Å². The van der Waals surface area contributed by atoms with E-state index in [2.05, 4.69) is 5.32 Å². The van der Waals surface area contributed by atoms with Gasteiger partial charge in [-0.3, -0.25) is 4.79 Å². The molecule has 1 saturated heterocycles. The molecule has 1 unspecified atom stereocenters. The molecule has 2 N–H and O–H groups in total. The monoisotopic (exact) mass is 230 g/mol. The molecule has 1 rings (SSSR count). The Kier molecular flexibility index (Phi) is 5.18. The van der Waals surface area contributed by atoms with Crippen molar-refractivity contribution in [2.24, 2.45) is 0 Å². The zero-order chi connectivity index (χ0) is 12.1. The first-order chi connectivity index (χ1) is 7.56. The lowest BCUT2D eigenvalue weighted by atomic mass is 10.1. The lowest BCUT2D eigenvalue weighted by Gasteiger charge is -2.26. The molecule has 3 atom stereocenters. The molecular formula is C11H22N2O3. The van der Waals surface area contributed by atoms with Crippen LogP contribution in [0.15, 0.2) is 0 Å². The van der Waals surface area contributed by atoms with Gasteiger partial charge in [0.2, 0.25) is 5.91 Å². The van der Waals surface area contributed by atoms with Crippen LogP contribution >= 0.6 is 0 Å². The van der Waals surface area contributed by atoms with Crippen LogP contribution in [0.5, 0.6) is 0 Å². The Morgan fingerprint density at radius 2 is 2.31 bits per heavy atom. The van der Waals surface area contributed by atoms with Crippen LogP contribution in [0.3, 0.4) is 0 Å². The second-order valence-electron chi connectivity index (χ2n) is 4.38. The Morgan fingerprint density at radius 1 is 1.62 bits per heavy atom. The van der Waals surface area contributed by atoms with Gasteiger partial charge in [0, 0.05) is 33.7 Å². The van der Waals surface area contributed by atoms with Crippen LogP contribution in [0.4, 0.5) is 0 Å². The lowest BCUT2D eigenvalue weighted by Crippen LogP contribution is -2.44. The average molecular weight is 230 g/mol. The number of aliphatic hydroxyl groups excluding tert-OH is 1. The molecule has 5 nitrogen and oxygen atoms in total. The van der Waals surface area contributed by atoms with Gasteiger partial charge in [-0.1, -0.05) is 0 Å². The minimum atomic E-state index is -0.450. The van der Waals surface area contributed by atoms with Gasteiger partial charge >= 0.3 is 0 Å². The van der Waals surface area contributed by atoms with Crippen LogP contribution < -0.4 is 5.32 Å². The topological polar surface area (TPSA) is 61.8 Å². The number of aliphatic hydroxyl groups is 1. The van der Waals surface area contributed by atoms with E-state index < -0.39 is 6.10 Å². The first kappa shape index (κ1) is 13.4. The Morgan fingerprint density at radius 3 is 2.81 bits per heavy atom. The molecule has 0 bridgehead atoms. The fourth-order valence-corrected chi connectivity index (χ4v) is 1.85. The molecule has 0 aliphatic carbocycles. The predicted octanol–water partition coefficient (Wildman–Crippen LogP) is -0.407. The number of nitrogens with one attached hydrogen (secondary N) is 1. The predicted molar refractivity (Wildman–Crippen MR) is 61.1 cm³/mol. The van der Waals surface area contributed by atoms with Crippen molar-refractivity contribution in [2.75, 3.05) is 27.2 Å². The molecule has 0 aromatic rings. The van der Waals surface area contributed by atoms with E-state index in [0.717, 1.165) is 6.42 Å². The SMILES string of the molecule is COC(C)CCC(=O)N(C)[C@@H]1CNC[C@H]1O. The third-order valence-electron chi connectivity index (χ3n) is 3.21. The van der Waals surface area contributed by atoms with E-state index in [0.29, 0.717) is 19.5 Å². The van der Waals surface area contributed by atoms with Crippen molar-refractivity contribution in [1.82, 2.24) is 10.2 Å². The summed E-state index contributed by atoms with van der Waals surface area (Å²) in [7, 11) is 3.39. The number of nitrogens with zero attached hydrogens (tertiary/aromatic N) is 1. The van der Waals surface area contributed by atoms with Crippen molar-refractivity contribution in [1.29, 1.82) is 0 Å². The second-order valence-corrected chi connectivity index (χ2v) is 4.38. The Balaban J connectivity index is 2.35. The molecule has 1 heterocycles. The summed E-state index contributed by atoms with van der Waals surface area (Å²) in [5.41, 5.74) is 0. The third-order valence-corrected chi connectivity index (χ3v) is 3.21. The number of methoxy groups -OCH3 is 1. The highest BCUT2D eigenvalue weighted by atomic mass is 16.5. The summed E-state index contributed by atoms with van der Waals surface area (Å²) in [4.78, 5) is 13.5. The van der Waals surface area contributed by atoms with Crippen molar-refractivity contribution in [3.05, 3.63) is 0 Å². The molecule has 0 saturated carbocycles. The molecule has 1 aliphatic rings. The fourth-order valence-electron chi connectivity index (χ4n) is 1.85. The molecule has 0 aromatic heterocycles. The zero-order valence-electron chi connectivity index (χ0n) is 10.3. The Bertz CT molecular complexity index is 235. The summed E-state index contributed by atoms with van der Waals surface area (Å²) in [6, 6.07) is -0.0923. The van der Waals surface area contributed by atoms with E-state index in [1.54, 1.807) is 19.1 Å². The van der Waals surface area contributed by atoms with Gasteiger partial charge in [0.25, 0.3) is 0 Å². The highest BCUT2D eigenvalue weighted by Gasteiger charge is 2.30. The van der Waals surface area contributed by atoms with E-state index in [4.69, 9.17) is 4.74 Å².